The maximum Gasteiger partial charge on any atom is 0.200 e. The number of hydrogen-bond donors (Lipinski definition) is 0. The third-order valence-electron chi connectivity index (χ3n) is 11.0. The van der Waals surface area contributed by atoms with Crippen molar-refractivity contribution in [2.45, 2.75) is 0 Å². The molecule has 0 fully saturated rings. The van der Waals surface area contributed by atoms with Crippen LogP contribution in [0, 0.1) is 116 Å². The standard InChI is InChI=1S/C46H12F20N2/c47-23-27(51)35(59)43(36(60)28(23)52)67(44-37(61)29(53)24(48)30(54)38(44)62)16-7-1-13(2-8-16)17-9-3-14-5-11-19-20(12-6-15-4-10-18(17)21(14)22(15)19)68(45-39(63)31(55)25(49)32(56)40(45)64)46-41(65)33(57)26(50)34(58)42(46)66/h1-12H. The van der Waals surface area contributed by atoms with Gasteiger partial charge in [-0.15, -0.1) is 0 Å². The zero-order valence-electron chi connectivity index (χ0n) is 32.4. The van der Waals surface area contributed by atoms with Gasteiger partial charge in [-0.1, -0.05) is 54.6 Å². The van der Waals surface area contributed by atoms with Gasteiger partial charge in [0.05, 0.1) is 5.69 Å². The Labute approximate surface area is 364 Å². The smallest absolute Gasteiger partial charge is 0.200 e. The van der Waals surface area contributed by atoms with E-state index in [4.69, 9.17) is 0 Å². The van der Waals surface area contributed by atoms with Gasteiger partial charge in [0.15, 0.2) is 93.1 Å². The predicted molar refractivity (Wildman–Crippen MR) is 204 cm³/mol. The predicted octanol–water partition coefficient (Wildman–Crippen LogP) is 16.0. The molecule has 0 saturated heterocycles. The van der Waals surface area contributed by atoms with Gasteiger partial charge in [-0.05, 0) is 56.3 Å². The van der Waals surface area contributed by atoms with Gasteiger partial charge in [-0.3, -0.25) is 9.80 Å². The van der Waals surface area contributed by atoms with Crippen LogP contribution in [0.4, 0.5) is 122 Å². The summed E-state index contributed by atoms with van der Waals surface area (Å²) in [5.41, 5.74) is -10.5. The van der Waals surface area contributed by atoms with Gasteiger partial charge < -0.3 is 0 Å². The Hall–Kier alpha value is -7.78. The molecule has 0 N–H and O–H groups in total. The molecule has 0 bridgehead atoms. The molecular weight excluding hydrogens is 960 g/mol. The second kappa shape index (κ2) is 15.9. The Morgan fingerprint density at radius 1 is 0.235 bits per heavy atom. The Balaban J connectivity index is 1.28. The molecule has 0 aliphatic heterocycles. The highest BCUT2D eigenvalue weighted by Gasteiger charge is 2.39. The second-order valence-corrected chi connectivity index (χ2v) is 14.5. The summed E-state index contributed by atoms with van der Waals surface area (Å²) in [6.07, 6.45) is 0. The monoisotopic (exact) mass is 972 g/mol. The Morgan fingerprint density at radius 2 is 0.515 bits per heavy atom. The summed E-state index contributed by atoms with van der Waals surface area (Å²) < 4.78 is 297. The van der Waals surface area contributed by atoms with Crippen LogP contribution >= 0.6 is 0 Å². The molecule has 346 valence electrons. The molecule has 0 atom stereocenters. The van der Waals surface area contributed by atoms with Crippen molar-refractivity contribution in [3.63, 3.8) is 0 Å². The first-order valence-electron chi connectivity index (χ1n) is 18.6. The van der Waals surface area contributed by atoms with Crippen molar-refractivity contribution in [3.8, 4) is 11.1 Å². The highest BCUT2D eigenvalue weighted by Crippen LogP contribution is 2.50. The lowest BCUT2D eigenvalue weighted by Gasteiger charge is -2.29. The SMILES string of the molecule is Fc1c(F)c(F)c(N(c2ccc(-c3ccc4ccc5c(N(c6c(F)c(F)c(F)c(F)c6F)c6c(F)c(F)c(F)c(F)c6F)ccc6ccc3c4c65)cc2)c2c(F)c(F)c(F)c(F)c2F)c(F)c1F. The van der Waals surface area contributed by atoms with Gasteiger partial charge in [0, 0.05) is 11.1 Å². The average Bonchev–Trinajstić information content (AvgIpc) is 3.34. The lowest BCUT2D eigenvalue weighted by atomic mass is 9.89. The first kappa shape index (κ1) is 45.4. The van der Waals surface area contributed by atoms with Crippen LogP contribution in [0.3, 0.4) is 0 Å². The summed E-state index contributed by atoms with van der Waals surface area (Å²) in [6.45, 7) is 0. The van der Waals surface area contributed by atoms with Crippen molar-refractivity contribution in [2.75, 3.05) is 9.80 Å². The molecule has 22 heteroatoms. The van der Waals surface area contributed by atoms with E-state index in [9.17, 15) is 52.7 Å². The molecule has 0 unspecified atom stereocenters. The molecule has 0 saturated carbocycles. The number of halogens is 20. The quantitative estimate of drug-likeness (QED) is 0.0680. The molecule has 0 heterocycles. The van der Waals surface area contributed by atoms with Gasteiger partial charge in [0.1, 0.15) is 22.7 Å². The Morgan fingerprint density at radius 3 is 0.882 bits per heavy atom. The minimum Gasteiger partial charge on any atom is -0.300 e. The first-order chi connectivity index (χ1) is 32.1. The number of benzene rings is 9. The molecule has 0 aliphatic rings. The zero-order chi connectivity index (χ0) is 49.3. The zero-order valence-corrected chi connectivity index (χ0v) is 32.4. The van der Waals surface area contributed by atoms with Crippen molar-refractivity contribution in [2.24, 2.45) is 0 Å². The molecule has 0 spiro atoms. The van der Waals surface area contributed by atoms with Gasteiger partial charge in [-0.2, -0.15) is 0 Å². The highest BCUT2D eigenvalue weighted by molar-refractivity contribution is 6.28. The van der Waals surface area contributed by atoms with E-state index in [0.29, 0.717) is 12.1 Å². The molecule has 9 aromatic carbocycles. The number of rotatable bonds is 7. The Kier molecular flexibility index (Phi) is 10.6. The molecule has 0 aliphatic carbocycles. The number of hydrogen-bond acceptors (Lipinski definition) is 2. The summed E-state index contributed by atoms with van der Waals surface area (Å²) >= 11 is 0. The Bertz CT molecular complexity index is 3400. The normalized spacial score (nSPS) is 11.8. The summed E-state index contributed by atoms with van der Waals surface area (Å²) in [5, 5.41) is 0.201. The van der Waals surface area contributed by atoms with Crippen molar-refractivity contribution in [1.29, 1.82) is 0 Å². The molecule has 0 amide bonds. The maximum atomic E-state index is 15.6. The van der Waals surface area contributed by atoms with Crippen LogP contribution < -0.4 is 9.80 Å². The summed E-state index contributed by atoms with van der Waals surface area (Å²) in [5.74, 6) is -54.5. The fourth-order valence-electron chi connectivity index (χ4n) is 7.90. The van der Waals surface area contributed by atoms with Crippen LogP contribution in [0.25, 0.3) is 43.4 Å². The van der Waals surface area contributed by atoms with E-state index in [0.717, 1.165) is 30.3 Å². The van der Waals surface area contributed by atoms with E-state index in [1.54, 1.807) is 0 Å². The van der Waals surface area contributed by atoms with Crippen molar-refractivity contribution < 1.29 is 87.8 Å². The van der Waals surface area contributed by atoms with E-state index >= 15 is 35.1 Å². The van der Waals surface area contributed by atoms with Gasteiger partial charge >= 0.3 is 0 Å². The lowest BCUT2D eigenvalue weighted by molar-refractivity contribution is 0.375. The topological polar surface area (TPSA) is 6.48 Å². The van der Waals surface area contributed by atoms with Crippen LogP contribution in [0.1, 0.15) is 0 Å². The van der Waals surface area contributed by atoms with Crippen LogP contribution in [-0.4, -0.2) is 0 Å². The van der Waals surface area contributed by atoms with Crippen LogP contribution in [0.15, 0.2) is 72.8 Å². The molecular formula is C46H12F20N2. The molecule has 0 aromatic heterocycles. The third-order valence-corrected chi connectivity index (χ3v) is 11.0. The van der Waals surface area contributed by atoms with Crippen molar-refractivity contribution in [3.05, 3.63) is 189 Å². The van der Waals surface area contributed by atoms with Crippen LogP contribution in [0.5, 0.6) is 0 Å². The van der Waals surface area contributed by atoms with E-state index in [-0.39, 0.29) is 43.4 Å². The number of anilines is 6. The fraction of sp³-hybridized carbons (Fsp3) is 0. The minimum absolute atomic E-state index is 0.00823. The lowest BCUT2D eigenvalue weighted by Crippen LogP contribution is -2.21. The molecule has 68 heavy (non-hydrogen) atoms. The molecule has 9 rings (SSSR count). The maximum absolute atomic E-state index is 15.6. The molecule has 0 radical (unpaired) electrons. The van der Waals surface area contributed by atoms with E-state index in [2.05, 4.69) is 0 Å². The second-order valence-electron chi connectivity index (χ2n) is 14.5. The largest absolute Gasteiger partial charge is 0.300 e. The van der Waals surface area contributed by atoms with E-state index < -0.39 is 160 Å². The number of nitrogens with zero attached hydrogens (tertiary/aromatic N) is 2. The van der Waals surface area contributed by atoms with Crippen molar-refractivity contribution >= 4 is 66.4 Å². The van der Waals surface area contributed by atoms with Gasteiger partial charge in [0.2, 0.25) is 23.3 Å². The van der Waals surface area contributed by atoms with E-state index in [1.165, 1.54) is 30.3 Å². The summed E-state index contributed by atoms with van der Waals surface area (Å²) in [6, 6.07) is 13.1. The van der Waals surface area contributed by atoms with Gasteiger partial charge in [0.25, 0.3) is 0 Å². The van der Waals surface area contributed by atoms with Crippen LogP contribution in [0.2, 0.25) is 0 Å². The minimum atomic E-state index is -2.76. The average molecular weight is 973 g/mol. The molecule has 9 aromatic rings. The first-order valence-corrected chi connectivity index (χ1v) is 18.6. The highest BCUT2D eigenvalue weighted by atomic mass is 19.2. The summed E-state index contributed by atoms with van der Waals surface area (Å²) in [7, 11) is 0. The van der Waals surface area contributed by atoms with Crippen LogP contribution in [-0.2, 0) is 0 Å². The molecule has 2 nitrogen and oxygen atoms in total. The van der Waals surface area contributed by atoms with Crippen molar-refractivity contribution in [1.82, 2.24) is 0 Å². The fourth-order valence-corrected chi connectivity index (χ4v) is 7.90. The van der Waals surface area contributed by atoms with E-state index in [1.807, 2.05) is 0 Å². The third kappa shape index (κ3) is 6.28. The summed E-state index contributed by atoms with van der Waals surface area (Å²) in [4.78, 5) is -0.846. The van der Waals surface area contributed by atoms with Gasteiger partial charge in [-0.25, -0.2) is 87.8 Å².